The number of nitrogens with zero attached hydrogens (tertiary/aromatic N) is 2. The van der Waals surface area contributed by atoms with E-state index in [0.717, 1.165) is 0 Å². The molecule has 0 aliphatic carbocycles. The van der Waals surface area contributed by atoms with Crippen LogP contribution in [0.15, 0.2) is 11.6 Å². The lowest BCUT2D eigenvalue weighted by molar-refractivity contribution is 0.398. The number of hydrogen-bond acceptors (Lipinski definition) is 4. The van der Waals surface area contributed by atoms with Crippen molar-refractivity contribution in [2.75, 3.05) is 0 Å². The highest BCUT2D eigenvalue weighted by molar-refractivity contribution is 14.1. The van der Waals surface area contributed by atoms with Gasteiger partial charge in [-0.2, -0.15) is 10.5 Å². The van der Waals surface area contributed by atoms with Gasteiger partial charge < -0.3 is 10.2 Å². The van der Waals surface area contributed by atoms with Crippen molar-refractivity contribution in [1.82, 2.24) is 0 Å². The summed E-state index contributed by atoms with van der Waals surface area (Å²) in [6.07, 6.45) is 1.36. The number of benzene rings is 1. The molecule has 0 aromatic heterocycles. The van der Waals surface area contributed by atoms with Crippen molar-refractivity contribution < 1.29 is 10.2 Å². The highest BCUT2D eigenvalue weighted by Gasteiger charge is 2.13. The Hall–Kier alpha value is -1.000. The van der Waals surface area contributed by atoms with E-state index in [1.165, 1.54) is 6.08 Å². The molecule has 0 saturated carbocycles. The molecule has 1 aromatic rings. The Balaban J connectivity index is 3.45. The Morgan fingerprint density at radius 1 is 1.19 bits per heavy atom. The molecule has 0 atom stereocenters. The summed E-state index contributed by atoms with van der Waals surface area (Å²) in [5.41, 5.74) is 0.470. The molecule has 0 spiro atoms. The van der Waals surface area contributed by atoms with E-state index in [-0.39, 0.29) is 17.1 Å². The van der Waals surface area contributed by atoms with Gasteiger partial charge in [-0.05, 0) is 62.9 Å². The van der Waals surface area contributed by atoms with Gasteiger partial charge >= 0.3 is 0 Å². The number of hydrogen-bond donors (Lipinski definition) is 2. The highest BCUT2D eigenvalue weighted by Crippen LogP contribution is 2.37. The topological polar surface area (TPSA) is 88.0 Å². The molecule has 4 nitrogen and oxygen atoms in total. The van der Waals surface area contributed by atoms with Crippen LogP contribution in [0.2, 0.25) is 0 Å². The Labute approximate surface area is 119 Å². The van der Waals surface area contributed by atoms with E-state index < -0.39 is 0 Å². The molecule has 6 heteroatoms. The van der Waals surface area contributed by atoms with Crippen LogP contribution in [0.5, 0.6) is 11.5 Å². The molecule has 0 bridgehead atoms. The Kier molecular flexibility index (Phi) is 4.38. The van der Waals surface area contributed by atoms with Crippen LogP contribution in [0.4, 0.5) is 0 Å². The molecule has 1 rings (SSSR count). The average Bonchev–Trinajstić information content (AvgIpc) is 2.29. The summed E-state index contributed by atoms with van der Waals surface area (Å²) < 4.78 is 0.857. The first-order valence-corrected chi connectivity index (χ1v) is 6.08. The molecule has 16 heavy (non-hydrogen) atoms. The largest absolute Gasteiger partial charge is 0.504 e. The number of phenols is 2. The summed E-state index contributed by atoms with van der Waals surface area (Å²) in [6, 6.07) is 5.05. The van der Waals surface area contributed by atoms with Gasteiger partial charge in [-0.3, -0.25) is 0 Å². The van der Waals surface area contributed by atoms with E-state index in [2.05, 4.69) is 0 Å². The van der Waals surface area contributed by atoms with Crippen molar-refractivity contribution in [3.8, 4) is 23.6 Å². The maximum absolute atomic E-state index is 9.57. The van der Waals surface area contributed by atoms with Crippen molar-refractivity contribution in [3.05, 3.63) is 24.3 Å². The summed E-state index contributed by atoms with van der Waals surface area (Å²) in [5.74, 6) is -0.438. The molecule has 1 aromatic carbocycles. The van der Waals surface area contributed by atoms with Gasteiger partial charge in [0.05, 0.1) is 7.14 Å². The van der Waals surface area contributed by atoms with Gasteiger partial charge in [0.25, 0.3) is 0 Å². The normalized spacial score (nSPS) is 9.00. The second-order valence-electron chi connectivity index (χ2n) is 2.74. The Morgan fingerprint density at radius 2 is 1.75 bits per heavy atom. The molecule has 0 heterocycles. The van der Waals surface area contributed by atoms with Gasteiger partial charge in [0.1, 0.15) is 17.7 Å². The van der Waals surface area contributed by atoms with Gasteiger partial charge in [0.15, 0.2) is 11.5 Å². The number of allylic oxidation sites excluding steroid dienone is 1. The standard InChI is InChI=1S/C10H4I2N2O2/c11-7-2-6(1-5(3-13)4-14)8(12)10(16)9(7)15/h1-2,15-16H. The fourth-order valence-electron chi connectivity index (χ4n) is 0.972. The van der Waals surface area contributed by atoms with Gasteiger partial charge in [0.2, 0.25) is 0 Å². The maximum Gasteiger partial charge on any atom is 0.172 e. The summed E-state index contributed by atoms with van der Waals surface area (Å²) >= 11 is 3.69. The van der Waals surface area contributed by atoms with Gasteiger partial charge in [0, 0.05) is 0 Å². The predicted octanol–water partition coefficient (Wildman–Crippen LogP) is 2.74. The summed E-state index contributed by atoms with van der Waals surface area (Å²) in [7, 11) is 0. The van der Waals surface area contributed by atoms with E-state index >= 15 is 0 Å². The van der Waals surface area contributed by atoms with Gasteiger partial charge in [-0.25, -0.2) is 0 Å². The van der Waals surface area contributed by atoms with E-state index in [1.54, 1.807) is 18.2 Å². The minimum absolute atomic E-state index is 0.0567. The second-order valence-corrected chi connectivity index (χ2v) is 4.98. The lowest BCUT2D eigenvalue weighted by atomic mass is 10.1. The molecular weight excluding hydrogens is 434 g/mol. The number of nitriles is 2. The quantitative estimate of drug-likeness (QED) is 0.401. The molecule has 0 saturated heterocycles. The lowest BCUT2D eigenvalue weighted by Crippen LogP contribution is -1.87. The molecular formula is C10H4I2N2O2. The third kappa shape index (κ3) is 2.57. The zero-order valence-electron chi connectivity index (χ0n) is 7.70. The zero-order chi connectivity index (χ0) is 12.3. The van der Waals surface area contributed by atoms with Gasteiger partial charge in [-0.15, -0.1) is 0 Å². The van der Waals surface area contributed by atoms with Crippen molar-refractivity contribution >= 4 is 51.3 Å². The zero-order valence-corrected chi connectivity index (χ0v) is 12.0. The summed E-state index contributed by atoms with van der Waals surface area (Å²) in [5, 5.41) is 36.2. The van der Waals surface area contributed by atoms with Crippen LogP contribution in [-0.4, -0.2) is 10.2 Å². The average molecular weight is 438 g/mol. The van der Waals surface area contributed by atoms with Gasteiger partial charge in [-0.1, -0.05) is 0 Å². The Morgan fingerprint density at radius 3 is 2.25 bits per heavy atom. The maximum atomic E-state index is 9.57. The smallest absolute Gasteiger partial charge is 0.172 e. The van der Waals surface area contributed by atoms with E-state index in [4.69, 9.17) is 10.5 Å². The fraction of sp³-hybridized carbons (Fsp3) is 0. The van der Waals surface area contributed by atoms with E-state index in [0.29, 0.717) is 12.7 Å². The van der Waals surface area contributed by atoms with Crippen LogP contribution < -0.4 is 0 Å². The molecule has 80 valence electrons. The first kappa shape index (κ1) is 13.1. The predicted molar refractivity (Wildman–Crippen MR) is 74.4 cm³/mol. The van der Waals surface area contributed by atoms with Crippen molar-refractivity contribution in [2.24, 2.45) is 0 Å². The first-order chi connectivity index (χ1) is 7.51. The van der Waals surface area contributed by atoms with Crippen molar-refractivity contribution in [3.63, 3.8) is 0 Å². The monoisotopic (exact) mass is 438 g/mol. The van der Waals surface area contributed by atoms with Crippen LogP contribution in [0, 0.1) is 29.8 Å². The van der Waals surface area contributed by atoms with Crippen LogP contribution >= 0.6 is 45.2 Å². The number of rotatable bonds is 1. The number of aromatic hydroxyl groups is 2. The fourth-order valence-corrected chi connectivity index (χ4v) is 2.13. The van der Waals surface area contributed by atoms with Crippen LogP contribution in [0.25, 0.3) is 6.08 Å². The molecule has 2 N–H and O–H groups in total. The van der Waals surface area contributed by atoms with E-state index in [1.807, 2.05) is 45.2 Å². The first-order valence-electron chi connectivity index (χ1n) is 3.93. The molecule has 0 unspecified atom stereocenters. The van der Waals surface area contributed by atoms with Crippen LogP contribution in [0.3, 0.4) is 0 Å². The number of halogens is 2. The molecule has 0 radical (unpaired) electrons. The second kappa shape index (κ2) is 5.37. The highest BCUT2D eigenvalue weighted by atomic mass is 127. The SMILES string of the molecule is N#CC(C#N)=Cc1cc(I)c(O)c(O)c1I. The molecule has 0 fully saturated rings. The van der Waals surface area contributed by atoms with E-state index in [9.17, 15) is 10.2 Å². The Bertz CT molecular complexity index is 537. The minimum atomic E-state index is -0.242. The van der Waals surface area contributed by atoms with Crippen LogP contribution in [-0.2, 0) is 0 Å². The number of phenolic OH excluding ortho intramolecular Hbond substituents is 2. The summed E-state index contributed by atoms with van der Waals surface area (Å²) in [4.78, 5) is 0. The van der Waals surface area contributed by atoms with Crippen molar-refractivity contribution in [1.29, 1.82) is 10.5 Å². The minimum Gasteiger partial charge on any atom is -0.504 e. The third-order valence-corrected chi connectivity index (χ3v) is 3.69. The molecule has 0 aliphatic heterocycles. The molecule has 0 aliphatic rings. The lowest BCUT2D eigenvalue weighted by Gasteiger charge is -2.06. The summed E-state index contributed by atoms with van der Waals surface area (Å²) in [6.45, 7) is 0. The van der Waals surface area contributed by atoms with Crippen LogP contribution in [0.1, 0.15) is 5.56 Å². The van der Waals surface area contributed by atoms with Crippen molar-refractivity contribution in [2.45, 2.75) is 0 Å². The molecule has 0 amide bonds. The third-order valence-electron chi connectivity index (χ3n) is 1.73.